The largest absolute Gasteiger partial charge is 0.397 e. The molecule has 1 aromatic heterocycles. The van der Waals surface area contributed by atoms with Gasteiger partial charge in [-0.1, -0.05) is 19.3 Å². The van der Waals surface area contributed by atoms with E-state index < -0.39 is 0 Å². The Kier molecular flexibility index (Phi) is 3.73. The maximum absolute atomic E-state index is 9.38. The molecule has 0 aliphatic heterocycles. The van der Waals surface area contributed by atoms with Gasteiger partial charge in [-0.15, -0.1) is 0 Å². The number of anilines is 2. The lowest BCUT2D eigenvalue weighted by Crippen LogP contribution is -2.39. The zero-order valence-electron chi connectivity index (χ0n) is 11.5. The van der Waals surface area contributed by atoms with Crippen LogP contribution in [0.3, 0.4) is 0 Å². The van der Waals surface area contributed by atoms with Crippen LogP contribution < -0.4 is 10.6 Å². The third-order valence-corrected chi connectivity index (χ3v) is 4.09. The van der Waals surface area contributed by atoms with Crippen LogP contribution in [-0.4, -0.2) is 34.6 Å². The molecule has 6 nitrogen and oxygen atoms in total. The van der Waals surface area contributed by atoms with Crippen LogP contribution in [0.5, 0.6) is 0 Å². The number of aliphatic hydroxyl groups is 1. The van der Waals surface area contributed by atoms with E-state index in [-0.39, 0.29) is 6.61 Å². The van der Waals surface area contributed by atoms with Gasteiger partial charge in [0.25, 0.3) is 0 Å². The van der Waals surface area contributed by atoms with E-state index in [1.807, 2.05) is 12.1 Å². The first-order valence-electron chi connectivity index (χ1n) is 7.19. The predicted octanol–water partition coefficient (Wildman–Crippen LogP) is 1.94. The summed E-state index contributed by atoms with van der Waals surface area (Å²) in [5, 5.41) is 17.2. The molecule has 0 atom stereocenters. The number of nitrogens with zero attached hydrogens (tertiary/aromatic N) is 3. The Labute approximate surface area is 117 Å². The molecule has 1 aromatic carbocycles. The van der Waals surface area contributed by atoms with E-state index in [2.05, 4.69) is 15.2 Å². The van der Waals surface area contributed by atoms with Crippen LogP contribution >= 0.6 is 0 Å². The first-order chi connectivity index (χ1) is 9.81. The minimum absolute atomic E-state index is 0.119. The Morgan fingerprint density at radius 1 is 1.20 bits per heavy atom. The standard InChI is InChI=1S/C14H20N4O2/c15-11-6-7-12(14-13(11)16-20-17-14)18(8-9-19)10-4-2-1-3-5-10/h6-7,10,19H,1-5,8-9,15H2. The van der Waals surface area contributed by atoms with Crippen molar-refractivity contribution in [1.29, 1.82) is 0 Å². The first kappa shape index (κ1) is 13.2. The van der Waals surface area contributed by atoms with Gasteiger partial charge in [-0.3, -0.25) is 0 Å². The van der Waals surface area contributed by atoms with Gasteiger partial charge in [-0.05, 0) is 35.3 Å². The molecule has 0 amide bonds. The zero-order valence-corrected chi connectivity index (χ0v) is 11.5. The lowest BCUT2D eigenvalue weighted by atomic mass is 9.93. The molecule has 1 saturated carbocycles. The van der Waals surface area contributed by atoms with Gasteiger partial charge in [0.2, 0.25) is 0 Å². The molecular weight excluding hydrogens is 256 g/mol. The number of rotatable bonds is 4. The van der Waals surface area contributed by atoms with E-state index in [9.17, 15) is 5.11 Å². The van der Waals surface area contributed by atoms with Gasteiger partial charge in [0, 0.05) is 12.6 Å². The summed E-state index contributed by atoms with van der Waals surface area (Å²) in [5.41, 5.74) is 8.70. The molecule has 20 heavy (non-hydrogen) atoms. The zero-order chi connectivity index (χ0) is 13.9. The number of aromatic nitrogens is 2. The van der Waals surface area contributed by atoms with Crippen molar-refractivity contribution in [1.82, 2.24) is 10.3 Å². The van der Waals surface area contributed by atoms with Crippen LogP contribution in [0.25, 0.3) is 11.0 Å². The summed E-state index contributed by atoms with van der Waals surface area (Å²) in [6, 6.07) is 4.22. The van der Waals surface area contributed by atoms with Crippen molar-refractivity contribution < 1.29 is 9.74 Å². The summed E-state index contributed by atoms with van der Waals surface area (Å²) >= 11 is 0. The summed E-state index contributed by atoms with van der Waals surface area (Å²) in [4.78, 5) is 2.23. The quantitative estimate of drug-likeness (QED) is 0.830. The monoisotopic (exact) mass is 276 g/mol. The normalized spacial score (nSPS) is 16.6. The van der Waals surface area contributed by atoms with Gasteiger partial charge < -0.3 is 15.7 Å². The van der Waals surface area contributed by atoms with Gasteiger partial charge >= 0.3 is 0 Å². The molecule has 1 aliphatic carbocycles. The summed E-state index contributed by atoms with van der Waals surface area (Å²) in [5.74, 6) is 0. The smallest absolute Gasteiger partial charge is 0.160 e. The van der Waals surface area contributed by atoms with Crippen LogP contribution in [0.1, 0.15) is 32.1 Å². The van der Waals surface area contributed by atoms with E-state index in [4.69, 9.17) is 10.4 Å². The van der Waals surface area contributed by atoms with Crippen molar-refractivity contribution in [3.8, 4) is 0 Å². The Morgan fingerprint density at radius 2 is 1.95 bits per heavy atom. The molecule has 1 heterocycles. The maximum Gasteiger partial charge on any atom is 0.160 e. The number of nitrogens with two attached hydrogens (primary N) is 1. The van der Waals surface area contributed by atoms with E-state index in [0.717, 1.165) is 18.5 Å². The molecule has 0 bridgehead atoms. The molecule has 6 heteroatoms. The first-order valence-corrected chi connectivity index (χ1v) is 7.19. The highest BCUT2D eigenvalue weighted by Crippen LogP contribution is 2.33. The third-order valence-electron chi connectivity index (χ3n) is 4.09. The maximum atomic E-state index is 9.38. The van der Waals surface area contributed by atoms with Gasteiger partial charge in [-0.2, -0.15) is 0 Å². The van der Waals surface area contributed by atoms with Crippen molar-refractivity contribution >= 4 is 22.4 Å². The minimum Gasteiger partial charge on any atom is -0.397 e. The number of hydrogen-bond donors (Lipinski definition) is 2. The summed E-state index contributed by atoms with van der Waals surface area (Å²) < 4.78 is 4.83. The average molecular weight is 276 g/mol. The molecule has 0 spiro atoms. The molecule has 3 N–H and O–H groups in total. The number of nitrogen functional groups attached to an aromatic ring is 1. The second-order valence-corrected chi connectivity index (χ2v) is 5.34. The third kappa shape index (κ3) is 2.31. The topological polar surface area (TPSA) is 88.4 Å². The van der Waals surface area contributed by atoms with Crippen molar-refractivity contribution in [3.63, 3.8) is 0 Å². The molecule has 0 unspecified atom stereocenters. The van der Waals surface area contributed by atoms with Gasteiger partial charge in [-0.25, -0.2) is 4.63 Å². The van der Waals surface area contributed by atoms with Gasteiger partial charge in [0.05, 0.1) is 18.0 Å². The fraction of sp³-hybridized carbons (Fsp3) is 0.571. The van der Waals surface area contributed by atoms with E-state index in [0.29, 0.717) is 29.3 Å². The molecule has 1 fully saturated rings. The highest BCUT2D eigenvalue weighted by atomic mass is 16.6. The number of fused-ring (bicyclic) bond motifs is 1. The molecule has 2 aromatic rings. The van der Waals surface area contributed by atoms with Crippen molar-refractivity contribution in [3.05, 3.63) is 12.1 Å². The Balaban J connectivity index is 2.00. The Morgan fingerprint density at radius 3 is 2.70 bits per heavy atom. The Bertz CT molecular complexity index is 578. The van der Waals surface area contributed by atoms with Gasteiger partial charge in [0.1, 0.15) is 0 Å². The molecule has 0 radical (unpaired) electrons. The SMILES string of the molecule is Nc1ccc(N(CCO)C2CCCCC2)c2nonc12. The van der Waals surface area contributed by atoms with Gasteiger partial charge in [0.15, 0.2) is 11.0 Å². The fourth-order valence-corrected chi connectivity index (χ4v) is 3.10. The molecule has 0 saturated heterocycles. The average Bonchev–Trinajstić information content (AvgIpc) is 2.97. The number of aliphatic hydroxyl groups excluding tert-OH is 1. The van der Waals surface area contributed by atoms with Crippen LogP contribution in [0.4, 0.5) is 11.4 Å². The molecule has 108 valence electrons. The summed E-state index contributed by atoms with van der Waals surface area (Å²) in [6.07, 6.45) is 6.07. The van der Waals surface area contributed by atoms with E-state index in [1.54, 1.807) is 0 Å². The van der Waals surface area contributed by atoms with Crippen LogP contribution in [0, 0.1) is 0 Å². The van der Waals surface area contributed by atoms with Crippen molar-refractivity contribution in [2.24, 2.45) is 0 Å². The van der Waals surface area contributed by atoms with Crippen LogP contribution in [-0.2, 0) is 0 Å². The molecule has 1 aliphatic rings. The highest BCUT2D eigenvalue weighted by Gasteiger charge is 2.24. The second kappa shape index (κ2) is 5.66. The van der Waals surface area contributed by atoms with Crippen molar-refractivity contribution in [2.45, 2.75) is 38.1 Å². The predicted molar refractivity (Wildman–Crippen MR) is 77.5 cm³/mol. The Hall–Kier alpha value is -1.82. The van der Waals surface area contributed by atoms with Crippen molar-refractivity contribution in [2.75, 3.05) is 23.8 Å². The molecular formula is C14H20N4O2. The van der Waals surface area contributed by atoms with E-state index in [1.165, 1.54) is 19.3 Å². The molecule has 3 rings (SSSR count). The van der Waals surface area contributed by atoms with Crippen LogP contribution in [0.15, 0.2) is 16.8 Å². The van der Waals surface area contributed by atoms with Crippen LogP contribution in [0.2, 0.25) is 0 Å². The minimum atomic E-state index is 0.119. The summed E-state index contributed by atoms with van der Waals surface area (Å²) in [6.45, 7) is 0.712. The highest BCUT2D eigenvalue weighted by molar-refractivity contribution is 5.95. The number of hydrogen-bond acceptors (Lipinski definition) is 6. The number of benzene rings is 1. The lowest BCUT2D eigenvalue weighted by molar-refractivity contribution is 0.290. The lowest BCUT2D eigenvalue weighted by Gasteiger charge is -2.35. The second-order valence-electron chi connectivity index (χ2n) is 5.34. The van der Waals surface area contributed by atoms with E-state index >= 15 is 0 Å². The fourth-order valence-electron chi connectivity index (χ4n) is 3.10. The summed E-state index contributed by atoms with van der Waals surface area (Å²) in [7, 11) is 0.